The van der Waals surface area contributed by atoms with Gasteiger partial charge in [0.25, 0.3) is 0 Å². The normalized spacial score (nSPS) is 11.8. The molecule has 1 atom stereocenters. The highest BCUT2D eigenvalue weighted by atomic mass is 32.1. The largest absolute Gasteiger partial charge is 0.480 e. The minimum atomic E-state index is -0.832. The molecule has 4 aromatic rings. The standard InChI is InChI=1S/C26H24N2O2S/c1-18-6-8-19(9-7-18)10-11-21-12-13-22(31-21)14-15-27-25(26(29)30)16-20-17-28-24-5-3-2-4-23(20)24/h2-9,12-13,17,25,27-28H,14-16H2,1H3,(H,29,30)/t25-/m0/s1. The van der Waals surface area contributed by atoms with E-state index >= 15 is 0 Å². The van der Waals surface area contributed by atoms with Crippen LogP contribution < -0.4 is 5.32 Å². The van der Waals surface area contributed by atoms with Gasteiger partial charge in [-0.3, -0.25) is 4.79 Å². The molecule has 4 rings (SSSR count). The average molecular weight is 429 g/mol. The first-order chi connectivity index (χ1) is 15.1. The van der Waals surface area contributed by atoms with E-state index in [9.17, 15) is 9.90 Å². The van der Waals surface area contributed by atoms with Gasteiger partial charge in [0.2, 0.25) is 0 Å². The number of aromatic nitrogens is 1. The second-order valence-corrected chi connectivity index (χ2v) is 8.71. The van der Waals surface area contributed by atoms with Crippen molar-refractivity contribution in [3.8, 4) is 11.8 Å². The van der Waals surface area contributed by atoms with Gasteiger partial charge in [-0.15, -0.1) is 11.3 Å². The van der Waals surface area contributed by atoms with Crippen LogP contribution in [0.2, 0.25) is 0 Å². The Morgan fingerprint density at radius 1 is 1.10 bits per heavy atom. The van der Waals surface area contributed by atoms with Crippen LogP contribution in [0, 0.1) is 18.8 Å². The zero-order valence-corrected chi connectivity index (χ0v) is 18.1. The molecular weight excluding hydrogens is 404 g/mol. The second kappa shape index (κ2) is 9.65. The molecule has 0 unspecified atom stereocenters. The van der Waals surface area contributed by atoms with Crippen LogP contribution in [0.1, 0.15) is 26.4 Å². The number of hydrogen-bond donors (Lipinski definition) is 3. The Morgan fingerprint density at radius 2 is 1.90 bits per heavy atom. The van der Waals surface area contributed by atoms with Crippen LogP contribution in [-0.2, 0) is 17.6 Å². The number of carboxylic acids is 1. The van der Waals surface area contributed by atoms with Gasteiger partial charge in [0.05, 0.1) is 4.88 Å². The van der Waals surface area contributed by atoms with E-state index < -0.39 is 12.0 Å². The third kappa shape index (κ3) is 5.43. The Hall–Kier alpha value is -3.33. The monoisotopic (exact) mass is 428 g/mol. The summed E-state index contributed by atoms with van der Waals surface area (Å²) in [5.74, 6) is 5.58. The highest BCUT2D eigenvalue weighted by Gasteiger charge is 2.19. The number of fused-ring (bicyclic) bond motifs is 1. The number of carbonyl (C=O) groups is 1. The number of para-hydroxylation sites is 1. The van der Waals surface area contributed by atoms with Crippen molar-refractivity contribution in [1.29, 1.82) is 0 Å². The quantitative estimate of drug-likeness (QED) is 0.372. The Labute approximate surface area is 186 Å². The molecule has 0 aliphatic heterocycles. The topological polar surface area (TPSA) is 65.1 Å². The van der Waals surface area contributed by atoms with Gasteiger partial charge in [-0.05, 0) is 49.2 Å². The Bertz CT molecular complexity index is 1240. The van der Waals surface area contributed by atoms with Crippen LogP contribution in [0.3, 0.4) is 0 Å². The molecule has 2 aromatic heterocycles. The summed E-state index contributed by atoms with van der Waals surface area (Å²) < 4.78 is 0. The lowest BCUT2D eigenvalue weighted by atomic mass is 10.0. The molecule has 0 saturated heterocycles. The Balaban J connectivity index is 1.33. The zero-order chi connectivity index (χ0) is 21.6. The predicted molar refractivity (Wildman–Crippen MR) is 127 cm³/mol. The Kier molecular flexibility index (Phi) is 6.51. The highest BCUT2D eigenvalue weighted by Crippen LogP contribution is 2.20. The van der Waals surface area contributed by atoms with Crippen molar-refractivity contribution >= 4 is 28.2 Å². The van der Waals surface area contributed by atoms with E-state index in [2.05, 4.69) is 47.3 Å². The molecule has 156 valence electrons. The third-order valence-electron chi connectivity index (χ3n) is 5.20. The number of hydrogen-bond acceptors (Lipinski definition) is 3. The van der Waals surface area contributed by atoms with E-state index in [0.29, 0.717) is 13.0 Å². The number of carboxylic acid groups (broad SMARTS) is 1. The average Bonchev–Trinajstić information content (AvgIpc) is 3.39. The van der Waals surface area contributed by atoms with Gasteiger partial charge in [-0.25, -0.2) is 0 Å². The summed E-state index contributed by atoms with van der Waals surface area (Å²) >= 11 is 1.66. The first kappa shape index (κ1) is 20.9. The van der Waals surface area contributed by atoms with Crippen molar-refractivity contribution in [2.24, 2.45) is 0 Å². The summed E-state index contributed by atoms with van der Waals surface area (Å²) in [6.07, 6.45) is 3.12. The summed E-state index contributed by atoms with van der Waals surface area (Å²) in [6.45, 7) is 2.66. The van der Waals surface area contributed by atoms with Crippen molar-refractivity contribution in [3.05, 3.63) is 93.3 Å². The lowest BCUT2D eigenvalue weighted by Gasteiger charge is -2.13. The second-order valence-electron chi connectivity index (χ2n) is 7.54. The van der Waals surface area contributed by atoms with E-state index in [1.54, 1.807) is 11.3 Å². The molecule has 2 aromatic carbocycles. The zero-order valence-electron chi connectivity index (χ0n) is 17.3. The van der Waals surface area contributed by atoms with E-state index in [4.69, 9.17) is 0 Å². The van der Waals surface area contributed by atoms with Gasteiger partial charge >= 0.3 is 5.97 Å². The number of thiophene rings is 1. The molecule has 0 aliphatic carbocycles. The summed E-state index contributed by atoms with van der Waals surface area (Å²) in [5, 5.41) is 13.9. The Morgan fingerprint density at radius 3 is 2.71 bits per heavy atom. The van der Waals surface area contributed by atoms with Crippen LogP contribution in [0.5, 0.6) is 0 Å². The van der Waals surface area contributed by atoms with E-state index in [1.165, 1.54) is 10.4 Å². The van der Waals surface area contributed by atoms with Gasteiger partial charge in [-0.2, -0.15) is 0 Å². The lowest BCUT2D eigenvalue weighted by molar-refractivity contribution is -0.139. The van der Waals surface area contributed by atoms with Crippen LogP contribution in [0.4, 0.5) is 0 Å². The number of H-pyrrole nitrogens is 1. The van der Waals surface area contributed by atoms with Crippen molar-refractivity contribution in [1.82, 2.24) is 10.3 Å². The van der Waals surface area contributed by atoms with Crippen molar-refractivity contribution in [3.63, 3.8) is 0 Å². The SMILES string of the molecule is Cc1ccc(C#Cc2ccc(CCN[C@@H](Cc3c[nH]c4ccccc34)C(=O)O)s2)cc1. The van der Waals surface area contributed by atoms with Crippen LogP contribution >= 0.6 is 11.3 Å². The number of rotatable bonds is 7. The molecule has 0 spiro atoms. The maximum atomic E-state index is 11.8. The fourth-order valence-electron chi connectivity index (χ4n) is 3.49. The molecular formula is C26H24N2O2S. The van der Waals surface area contributed by atoms with Gasteiger partial charge < -0.3 is 15.4 Å². The number of benzene rings is 2. The molecule has 4 nitrogen and oxygen atoms in total. The van der Waals surface area contributed by atoms with Gasteiger partial charge in [0.1, 0.15) is 6.04 Å². The molecule has 0 bridgehead atoms. The van der Waals surface area contributed by atoms with Crippen molar-refractivity contribution < 1.29 is 9.90 Å². The maximum Gasteiger partial charge on any atom is 0.321 e. The molecule has 0 saturated carbocycles. The summed E-state index contributed by atoms with van der Waals surface area (Å²) in [4.78, 5) is 17.2. The number of aryl methyl sites for hydroxylation is 1. The van der Waals surface area contributed by atoms with E-state index in [1.807, 2.05) is 48.7 Å². The van der Waals surface area contributed by atoms with Crippen LogP contribution in [0.25, 0.3) is 10.9 Å². The van der Waals surface area contributed by atoms with E-state index in [0.717, 1.165) is 33.3 Å². The maximum absolute atomic E-state index is 11.8. The van der Waals surface area contributed by atoms with Gasteiger partial charge in [-0.1, -0.05) is 47.7 Å². The molecule has 3 N–H and O–H groups in total. The molecule has 31 heavy (non-hydrogen) atoms. The fraction of sp³-hybridized carbons (Fsp3) is 0.192. The minimum absolute atomic E-state index is 0.442. The van der Waals surface area contributed by atoms with Crippen molar-refractivity contribution in [2.75, 3.05) is 6.54 Å². The summed E-state index contributed by atoms with van der Waals surface area (Å²) in [7, 11) is 0. The van der Waals surface area contributed by atoms with Gasteiger partial charge in [0, 0.05) is 40.5 Å². The first-order valence-electron chi connectivity index (χ1n) is 10.3. The van der Waals surface area contributed by atoms with Crippen LogP contribution in [0.15, 0.2) is 66.9 Å². The molecule has 0 amide bonds. The lowest BCUT2D eigenvalue weighted by Crippen LogP contribution is -2.39. The first-order valence-corrected chi connectivity index (χ1v) is 11.1. The molecule has 0 fully saturated rings. The highest BCUT2D eigenvalue weighted by molar-refractivity contribution is 7.12. The number of aromatic amines is 1. The number of nitrogens with one attached hydrogen (secondary N) is 2. The minimum Gasteiger partial charge on any atom is -0.480 e. The summed E-state index contributed by atoms with van der Waals surface area (Å²) in [6, 6.07) is 19.6. The van der Waals surface area contributed by atoms with Crippen molar-refractivity contribution in [2.45, 2.75) is 25.8 Å². The predicted octanol–water partition coefficient (Wildman–Crippen LogP) is 4.77. The van der Waals surface area contributed by atoms with Gasteiger partial charge in [0.15, 0.2) is 0 Å². The molecule has 0 aliphatic rings. The van der Waals surface area contributed by atoms with E-state index in [-0.39, 0.29) is 0 Å². The summed E-state index contributed by atoms with van der Waals surface area (Å²) in [5.41, 5.74) is 4.27. The third-order valence-corrected chi connectivity index (χ3v) is 6.26. The van der Waals surface area contributed by atoms with Crippen LogP contribution in [-0.4, -0.2) is 28.6 Å². The molecule has 5 heteroatoms. The fourth-order valence-corrected chi connectivity index (χ4v) is 4.35. The smallest absolute Gasteiger partial charge is 0.321 e. The molecule has 0 radical (unpaired) electrons. The number of aliphatic carboxylic acids is 1. The molecule has 2 heterocycles.